The van der Waals surface area contributed by atoms with Gasteiger partial charge in [0.25, 0.3) is 0 Å². The number of hydrogen-bond donors (Lipinski definition) is 1. The van der Waals surface area contributed by atoms with Crippen LogP contribution in [0, 0.1) is 0 Å². The molecule has 0 fully saturated rings. The summed E-state index contributed by atoms with van der Waals surface area (Å²) in [6.07, 6.45) is 1.81. The normalized spacial score (nSPS) is 11.0. The number of fused-ring (bicyclic) bond motifs is 1. The van der Waals surface area contributed by atoms with E-state index in [4.69, 9.17) is 9.15 Å². The predicted molar refractivity (Wildman–Crippen MR) is 119 cm³/mol. The molecule has 2 aromatic heterocycles. The first-order valence-corrected chi connectivity index (χ1v) is 10.1. The van der Waals surface area contributed by atoms with Gasteiger partial charge in [-0.2, -0.15) is 0 Å². The standard InChI is InChI=1S/C25H19N3O4/c29-21-11-20(31-16-19-15-28(27-26-19)14-17-7-3-1-4-8-17)12-24-25(21)22(30)13-23(32-24)18-9-5-2-6-10-18/h1-13,15,29H,14,16H2. The Bertz CT molecular complexity index is 1430. The molecule has 0 bridgehead atoms. The van der Waals surface area contributed by atoms with Crippen molar-refractivity contribution >= 4 is 11.0 Å². The molecule has 0 aliphatic carbocycles. The van der Waals surface area contributed by atoms with Crippen molar-refractivity contribution in [2.24, 2.45) is 0 Å². The number of phenols is 1. The molecule has 7 heteroatoms. The summed E-state index contributed by atoms with van der Waals surface area (Å²) in [5.41, 5.74) is 2.46. The minimum Gasteiger partial charge on any atom is -0.507 e. The maximum atomic E-state index is 12.6. The van der Waals surface area contributed by atoms with E-state index in [1.54, 1.807) is 10.7 Å². The lowest BCUT2D eigenvalue weighted by Crippen LogP contribution is -2.02. The number of ether oxygens (including phenoxy) is 1. The first-order chi connectivity index (χ1) is 15.7. The number of nitrogens with zero attached hydrogens (tertiary/aromatic N) is 3. The molecular weight excluding hydrogens is 406 g/mol. The van der Waals surface area contributed by atoms with Gasteiger partial charge in [-0.1, -0.05) is 65.9 Å². The monoisotopic (exact) mass is 425 g/mol. The van der Waals surface area contributed by atoms with Crippen LogP contribution in [-0.4, -0.2) is 20.1 Å². The van der Waals surface area contributed by atoms with E-state index in [2.05, 4.69) is 10.3 Å². The minimum absolute atomic E-state index is 0.117. The predicted octanol–water partition coefficient (Wildman–Crippen LogP) is 4.38. The van der Waals surface area contributed by atoms with Crippen LogP contribution in [0.5, 0.6) is 11.5 Å². The molecule has 5 aromatic rings. The van der Waals surface area contributed by atoms with E-state index in [-0.39, 0.29) is 28.8 Å². The molecule has 0 saturated heterocycles. The fourth-order valence-corrected chi connectivity index (χ4v) is 3.48. The van der Waals surface area contributed by atoms with Crippen LogP contribution in [-0.2, 0) is 13.2 Å². The number of aromatic hydroxyl groups is 1. The molecule has 3 aromatic carbocycles. The summed E-state index contributed by atoms with van der Waals surface area (Å²) in [5, 5.41) is 18.8. The molecular formula is C25H19N3O4. The second-order valence-corrected chi connectivity index (χ2v) is 7.34. The van der Waals surface area contributed by atoms with Gasteiger partial charge in [-0.15, -0.1) is 5.10 Å². The zero-order valence-electron chi connectivity index (χ0n) is 17.0. The molecule has 5 rings (SSSR count). The average molecular weight is 425 g/mol. The third-order valence-corrected chi connectivity index (χ3v) is 5.00. The Morgan fingerprint density at radius 2 is 1.72 bits per heavy atom. The summed E-state index contributed by atoms with van der Waals surface area (Å²) in [4.78, 5) is 12.6. The van der Waals surface area contributed by atoms with Crippen LogP contribution < -0.4 is 10.2 Å². The van der Waals surface area contributed by atoms with E-state index in [0.29, 0.717) is 23.7 Å². The minimum atomic E-state index is -0.321. The van der Waals surface area contributed by atoms with Crippen LogP contribution in [0.1, 0.15) is 11.3 Å². The Morgan fingerprint density at radius 3 is 2.50 bits per heavy atom. The number of hydrogen-bond acceptors (Lipinski definition) is 6. The molecule has 32 heavy (non-hydrogen) atoms. The lowest BCUT2D eigenvalue weighted by Gasteiger charge is -2.08. The van der Waals surface area contributed by atoms with Crippen molar-refractivity contribution in [3.63, 3.8) is 0 Å². The van der Waals surface area contributed by atoms with Crippen LogP contribution in [0.25, 0.3) is 22.3 Å². The topological polar surface area (TPSA) is 90.4 Å². The molecule has 0 radical (unpaired) electrons. The highest BCUT2D eigenvalue weighted by atomic mass is 16.5. The summed E-state index contributed by atoms with van der Waals surface area (Å²) >= 11 is 0. The maximum Gasteiger partial charge on any atom is 0.197 e. The molecule has 0 amide bonds. The number of aromatic nitrogens is 3. The van der Waals surface area contributed by atoms with E-state index in [1.165, 1.54) is 12.1 Å². The molecule has 0 unspecified atom stereocenters. The smallest absolute Gasteiger partial charge is 0.197 e. The lowest BCUT2D eigenvalue weighted by molar-refractivity contribution is 0.299. The van der Waals surface area contributed by atoms with E-state index in [1.807, 2.05) is 66.9 Å². The molecule has 0 saturated carbocycles. The van der Waals surface area contributed by atoms with Crippen LogP contribution in [0.15, 0.2) is 94.3 Å². The number of phenolic OH excluding ortho intramolecular Hbond substituents is 1. The Labute approximate surface area is 183 Å². The van der Waals surface area contributed by atoms with Crippen LogP contribution in [0.4, 0.5) is 0 Å². The largest absolute Gasteiger partial charge is 0.507 e. The highest BCUT2D eigenvalue weighted by Crippen LogP contribution is 2.31. The van der Waals surface area contributed by atoms with Gasteiger partial charge in [0.15, 0.2) is 5.43 Å². The molecule has 0 spiro atoms. The van der Waals surface area contributed by atoms with E-state index < -0.39 is 0 Å². The maximum absolute atomic E-state index is 12.6. The quantitative estimate of drug-likeness (QED) is 0.434. The average Bonchev–Trinajstić information content (AvgIpc) is 3.25. The summed E-state index contributed by atoms with van der Waals surface area (Å²) < 4.78 is 13.4. The van der Waals surface area contributed by atoms with Crippen molar-refractivity contribution in [3.05, 3.63) is 107 Å². The highest BCUT2D eigenvalue weighted by molar-refractivity contribution is 5.86. The zero-order chi connectivity index (χ0) is 21.9. The lowest BCUT2D eigenvalue weighted by atomic mass is 10.1. The van der Waals surface area contributed by atoms with Gasteiger partial charge in [0.1, 0.15) is 40.5 Å². The molecule has 0 aliphatic heterocycles. The van der Waals surface area contributed by atoms with Crippen molar-refractivity contribution in [2.45, 2.75) is 13.2 Å². The molecule has 1 N–H and O–H groups in total. The van der Waals surface area contributed by atoms with E-state index in [0.717, 1.165) is 11.1 Å². The molecule has 7 nitrogen and oxygen atoms in total. The second-order valence-electron chi connectivity index (χ2n) is 7.34. The van der Waals surface area contributed by atoms with Crippen LogP contribution in [0.3, 0.4) is 0 Å². The van der Waals surface area contributed by atoms with Gasteiger partial charge in [0.2, 0.25) is 0 Å². The Morgan fingerprint density at radius 1 is 0.969 bits per heavy atom. The zero-order valence-corrected chi connectivity index (χ0v) is 17.0. The van der Waals surface area contributed by atoms with Crippen LogP contribution in [0.2, 0.25) is 0 Å². The number of benzene rings is 3. The molecule has 158 valence electrons. The summed E-state index contributed by atoms with van der Waals surface area (Å²) in [6.45, 7) is 0.764. The van der Waals surface area contributed by atoms with Crippen molar-refractivity contribution in [2.75, 3.05) is 0 Å². The first kappa shape index (κ1) is 19.6. The van der Waals surface area contributed by atoms with Gasteiger partial charge in [0.05, 0.1) is 12.7 Å². The van der Waals surface area contributed by atoms with Gasteiger partial charge >= 0.3 is 0 Å². The molecule has 0 atom stereocenters. The third-order valence-electron chi connectivity index (χ3n) is 5.00. The SMILES string of the molecule is O=c1cc(-c2ccccc2)oc2cc(OCc3cn(Cc4ccccc4)nn3)cc(O)c12. The van der Waals surface area contributed by atoms with Gasteiger partial charge in [-0.25, -0.2) is 4.68 Å². The van der Waals surface area contributed by atoms with E-state index >= 15 is 0 Å². The second kappa shape index (κ2) is 8.39. The van der Waals surface area contributed by atoms with Crippen LogP contribution >= 0.6 is 0 Å². The summed E-state index contributed by atoms with van der Waals surface area (Å²) in [7, 11) is 0. The van der Waals surface area contributed by atoms with Gasteiger partial charge < -0.3 is 14.3 Å². The van der Waals surface area contributed by atoms with Gasteiger partial charge in [0, 0.05) is 23.8 Å². The number of rotatable bonds is 6. The summed E-state index contributed by atoms with van der Waals surface area (Å²) in [6, 6.07) is 23.6. The third kappa shape index (κ3) is 4.09. The van der Waals surface area contributed by atoms with Crippen molar-refractivity contribution < 1.29 is 14.3 Å². The Hall–Kier alpha value is -4.39. The molecule has 0 aliphatic rings. The first-order valence-electron chi connectivity index (χ1n) is 10.1. The van der Waals surface area contributed by atoms with Gasteiger partial charge in [-0.3, -0.25) is 4.79 Å². The Balaban J connectivity index is 1.37. The van der Waals surface area contributed by atoms with Crippen molar-refractivity contribution in [1.29, 1.82) is 0 Å². The Kier molecular flexibility index (Phi) is 5.13. The highest BCUT2D eigenvalue weighted by Gasteiger charge is 2.13. The van der Waals surface area contributed by atoms with Crippen molar-refractivity contribution in [3.8, 4) is 22.8 Å². The molecule has 2 heterocycles. The van der Waals surface area contributed by atoms with E-state index in [9.17, 15) is 9.90 Å². The van der Waals surface area contributed by atoms with Crippen molar-refractivity contribution in [1.82, 2.24) is 15.0 Å². The summed E-state index contributed by atoms with van der Waals surface area (Å²) in [5.74, 6) is 0.586. The fraction of sp³-hybridized carbons (Fsp3) is 0.0800. The fourth-order valence-electron chi connectivity index (χ4n) is 3.48. The van der Waals surface area contributed by atoms with Gasteiger partial charge in [-0.05, 0) is 5.56 Å².